The van der Waals surface area contributed by atoms with Crippen molar-refractivity contribution < 1.29 is 0 Å². The summed E-state index contributed by atoms with van der Waals surface area (Å²) < 4.78 is 2.97. The van der Waals surface area contributed by atoms with Crippen LogP contribution in [0, 0.1) is 13.8 Å². The highest BCUT2D eigenvalue weighted by Crippen LogP contribution is 2.21. The molecule has 2 nitrogen and oxygen atoms in total. The van der Waals surface area contributed by atoms with Crippen molar-refractivity contribution in [1.29, 1.82) is 0 Å². The SMILES string of the molecule is Cc1nn(-c2cccc(Br)c2)c(C)c1CCl. The Bertz CT molecular complexity index is 520. The summed E-state index contributed by atoms with van der Waals surface area (Å²) in [5.74, 6) is 0.506. The molecule has 84 valence electrons. The van der Waals surface area contributed by atoms with Crippen molar-refractivity contribution in [2.75, 3.05) is 0 Å². The molecule has 0 atom stereocenters. The maximum atomic E-state index is 5.91. The van der Waals surface area contributed by atoms with Gasteiger partial charge in [-0.25, -0.2) is 4.68 Å². The first kappa shape index (κ1) is 11.7. The fourth-order valence-electron chi connectivity index (χ4n) is 1.73. The number of nitrogens with zero attached hydrogens (tertiary/aromatic N) is 2. The Morgan fingerprint density at radius 1 is 1.38 bits per heavy atom. The van der Waals surface area contributed by atoms with E-state index in [4.69, 9.17) is 11.6 Å². The van der Waals surface area contributed by atoms with Crippen LogP contribution in [0.4, 0.5) is 0 Å². The molecular weight excluding hydrogens is 288 g/mol. The van der Waals surface area contributed by atoms with E-state index >= 15 is 0 Å². The lowest BCUT2D eigenvalue weighted by molar-refractivity contribution is 0.832. The Morgan fingerprint density at radius 3 is 2.69 bits per heavy atom. The predicted molar refractivity (Wildman–Crippen MR) is 70.3 cm³/mol. The quantitative estimate of drug-likeness (QED) is 0.767. The Kier molecular flexibility index (Phi) is 3.36. The number of rotatable bonds is 2. The second-order valence-corrected chi connectivity index (χ2v) is 4.86. The number of aryl methyl sites for hydroxylation is 1. The van der Waals surface area contributed by atoms with Gasteiger partial charge in [-0.1, -0.05) is 22.0 Å². The van der Waals surface area contributed by atoms with Crippen molar-refractivity contribution >= 4 is 27.5 Å². The smallest absolute Gasteiger partial charge is 0.0660 e. The van der Waals surface area contributed by atoms with Crippen LogP contribution in [0.2, 0.25) is 0 Å². The van der Waals surface area contributed by atoms with E-state index in [0.717, 1.165) is 27.1 Å². The van der Waals surface area contributed by atoms with Gasteiger partial charge in [0, 0.05) is 15.7 Å². The first-order valence-electron chi connectivity index (χ1n) is 5.00. The molecule has 2 aromatic rings. The number of alkyl halides is 1. The summed E-state index contributed by atoms with van der Waals surface area (Å²) in [6.07, 6.45) is 0. The molecule has 16 heavy (non-hydrogen) atoms. The van der Waals surface area contributed by atoms with Gasteiger partial charge in [-0.15, -0.1) is 11.6 Å². The second-order valence-electron chi connectivity index (χ2n) is 3.67. The zero-order valence-electron chi connectivity index (χ0n) is 9.17. The zero-order valence-corrected chi connectivity index (χ0v) is 11.5. The molecule has 1 aromatic heterocycles. The summed E-state index contributed by atoms with van der Waals surface area (Å²) in [6.45, 7) is 4.03. The van der Waals surface area contributed by atoms with Crippen LogP contribution < -0.4 is 0 Å². The van der Waals surface area contributed by atoms with Gasteiger partial charge >= 0.3 is 0 Å². The van der Waals surface area contributed by atoms with Gasteiger partial charge in [0.05, 0.1) is 17.3 Å². The van der Waals surface area contributed by atoms with Crippen molar-refractivity contribution in [2.45, 2.75) is 19.7 Å². The van der Waals surface area contributed by atoms with Crippen LogP contribution >= 0.6 is 27.5 Å². The van der Waals surface area contributed by atoms with E-state index in [1.54, 1.807) is 0 Å². The van der Waals surface area contributed by atoms with Gasteiger partial charge in [0.25, 0.3) is 0 Å². The monoisotopic (exact) mass is 298 g/mol. The lowest BCUT2D eigenvalue weighted by Crippen LogP contribution is -1.99. The zero-order chi connectivity index (χ0) is 11.7. The summed E-state index contributed by atoms with van der Waals surface area (Å²) in [5.41, 5.74) is 4.26. The van der Waals surface area contributed by atoms with Crippen molar-refractivity contribution in [3.05, 3.63) is 45.7 Å². The van der Waals surface area contributed by atoms with Crippen LogP contribution in [0.3, 0.4) is 0 Å². The van der Waals surface area contributed by atoms with Gasteiger partial charge in [-0.05, 0) is 32.0 Å². The van der Waals surface area contributed by atoms with E-state index in [2.05, 4.69) is 21.0 Å². The summed E-state index contributed by atoms with van der Waals surface area (Å²) in [4.78, 5) is 0. The molecule has 0 aliphatic rings. The van der Waals surface area contributed by atoms with Crippen LogP contribution in [0.5, 0.6) is 0 Å². The molecule has 0 saturated carbocycles. The normalized spacial score (nSPS) is 10.8. The van der Waals surface area contributed by atoms with E-state index < -0.39 is 0 Å². The molecule has 1 heterocycles. The Morgan fingerprint density at radius 2 is 2.12 bits per heavy atom. The first-order valence-corrected chi connectivity index (χ1v) is 6.33. The molecule has 0 bridgehead atoms. The fraction of sp³-hybridized carbons (Fsp3) is 0.250. The van der Waals surface area contributed by atoms with Gasteiger partial charge in [0.1, 0.15) is 0 Å². The number of hydrogen-bond donors (Lipinski definition) is 0. The standard InChI is InChI=1S/C12H12BrClN2/c1-8-12(7-14)9(2)16(15-8)11-5-3-4-10(13)6-11/h3-6H,7H2,1-2H3. The van der Waals surface area contributed by atoms with Gasteiger partial charge in [0.15, 0.2) is 0 Å². The molecule has 0 amide bonds. The molecule has 0 radical (unpaired) electrons. The average Bonchev–Trinajstić information content (AvgIpc) is 2.54. The highest BCUT2D eigenvalue weighted by atomic mass is 79.9. The van der Waals surface area contributed by atoms with E-state index in [1.807, 2.05) is 42.8 Å². The molecule has 0 aliphatic carbocycles. The summed E-state index contributed by atoms with van der Waals surface area (Å²) >= 11 is 9.37. The van der Waals surface area contributed by atoms with Crippen LogP contribution in [-0.2, 0) is 5.88 Å². The molecule has 4 heteroatoms. The number of halogens is 2. The number of benzene rings is 1. The predicted octanol–water partition coefficient (Wildman–Crippen LogP) is 3.99. The summed E-state index contributed by atoms with van der Waals surface area (Å²) in [7, 11) is 0. The molecule has 0 unspecified atom stereocenters. The third-order valence-electron chi connectivity index (χ3n) is 2.63. The third-order valence-corrected chi connectivity index (χ3v) is 3.39. The van der Waals surface area contributed by atoms with Gasteiger partial charge < -0.3 is 0 Å². The Balaban J connectivity index is 2.56. The van der Waals surface area contributed by atoms with Crippen molar-refractivity contribution in [2.24, 2.45) is 0 Å². The lowest BCUT2D eigenvalue weighted by Gasteiger charge is -2.05. The molecular formula is C12H12BrClN2. The maximum absolute atomic E-state index is 5.91. The largest absolute Gasteiger partial charge is 0.237 e. The van der Waals surface area contributed by atoms with Crippen LogP contribution in [0.25, 0.3) is 5.69 Å². The van der Waals surface area contributed by atoms with Crippen LogP contribution in [-0.4, -0.2) is 9.78 Å². The van der Waals surface area contributed by atoms with Crippen molar-refractivity contribution in [1.82, 2.24) is 9.78 Å². The lowest BCUT2D eigenvalue weighted by atomic mass is 10.2. The van der Waals surface area contributed by atoms with Gasteiger partial charge in [0.2, 0.25) is 0 Å². The second kappa shape index (κ2) is 4.60. The minimum Gasteiger partial charge on any atom is -0.237 e. The highest BCUT2D eigenvalue weighted by Gasteiger charge is 2.11. The van der Waals surface area contributed by atoms with E-state index in [1.165, 1.54) is 0 Å². The minimum absolute atomic E-state index is 0.506. The number of hydrogen-bond acceptors (Lipinski definition) is 1. The van der Waals surface area contributed by atoms with Crippen LogP contribution in [0.1, 0.15) is 17.0 Å². The number of aromatic nitrogens is 2. The molecule has 0 aliphatic heterocycles. The van der Waals surface area contributed by atoms with Gasteiger partial charge in [-0.2, -0.15) is 5.10 Å². The van der Waals surface area contributed by atoms with Gasteiger partial charge in [-0.3, -0.25) is 0 Å². The minimum atomic E-state index is 0.506. The van der Waals surface area contributed by atoms with E-state index in [0.29, 0.717) is 5.88 Å². The first-order chi connectivity index (χ1) is 7.63. The fourth-order valence-corrected chi connectivity index (χ4v) is 2.50. The van der Waals surface area contributed by atoms with Crippen molar-refractivity contribution in [3.8, 4) is 5.69 Å². The molecule has 0 spiro atoms. The Hall–Kier alpha value is -0.800. The topological polar surface area (TPSA) is 17.8 Å². The third kappa shape index (κ3) is 2.02. The molecule has 1 aromatic carbocycles. The summed E-state index contributed by atoms with van der Waals surface area (Å²) in [6, 6.07) is 8.06. The molecule has 0 fully saturated rings. The van der Waals surface area contributed by atoms with Crippen molar-refractivity contribution in [3.63, 3.8) is 0 Å². The van der Waals surface area contributed by atoms with E-state index in [-0.39, 0.29) is 0 Å². The van der Waals surface area contributed by atoms with Crippen LogP contribution in [0.15, 0.2) is 28.7 Å². The molecule has 0 N–H and O–H groups in total. The maximum Gasteiger partial charge on any atom is 0.0660 e. The highest BCUT2D eigenvalue weighted by molar-refractivity contribution is 9.10. The molecule has 0 saturated heterocycles. The Labute approximate surface area is 108 Å². The van der Waals surface area contributed by atoms with E-state index in [9.17, 15) is 0 Å². The average molecular weight is 300 g/mol. The summed E-state index contributed by atoms with van der Waals surface area (Å²) in [5, 5.41) is 4.50. The molecule has 2 rings (SSSR count).